The lowest BCUT2D eigenvalue weighted by molar-refractivity contribution is 0.660. The van der Waals surface area contributed by atoms with E-state index >= 15 is 0 Å². The summed E-state index contributed by atoms with van der Waals surface area (Å²) in [4.78, 5) is 5.41. The number of fused-ring (bicyclic) bond motifs is 8. The van der Waals surface area contributed by atoms with Crippen molar-refractivity contribution in [3.05, 3.63) is 199 Å². The third-order valence-electron chi connectivity index (χ3n) is 11.9. The van der Waals surface area contributed by atoms with Crippen LogP contribution in [0.2, 0.25) is 0 Å². The molecular weight excluding hydrogens is 679 g/mol. The summed E-state index contributed by atoms with van der Waals surface area (Å²) in [6.45, 7) is 4.69. The van der Waals surface area contributed by atoms with Gasteiger partial charge in [0.05, 0.1) is 11.4 Å². The highest BCUT2D eigenvalue weighted by Gasteiger charge is 2.35. The third kappa shape index (κ3) is 5.14. The predicted octanol–water partition coefficient (Wildman–Crippen LogP) is 14.8. The van der Waals surface area contributed by atoms with Crippen LogP contribution in [0.5, 0.6) is 0 Å². The van der Waals surface area contributed by atoms with Crippen molar-refractivity contribution in [2.75, 3.05) is 0 Å². The summed E-state index contributed by atoms with van der Waals surface area (Å²) in [5.41, 5.74) is 18.2. The predicted molar refractivity (Wildman–Crippen MR) is 234 cm³/mol. The zero-order chi connectivity index (χ0) is 37.4. The van der Waals surface area contributed by atoms with Gasteiger partial charge in [-0.15, -0.1) is 0 Å². The molecule has 8 aromatic carbocycles. The fraction of sp³-hybridized carbons (Fsp3) is 0.0556. The molecule has 2 aromatic heterocycles. The van der Waals surface area contributed by atoms with Gasteiger partial charge in [0.15, 0.2) is 0 Å². The van der Waals surface area contributed by atoms with E-state index in [0.717, 1.165) is 71.9 Å². The van der Waals surface area contributed by atoms with Crippen LogP contribution in [-0.2, 0) is 5.41 Å². The molecule has 2 heterocycles. The molecule has 0 spiro atoms. The fourth-order valence-electron chi connectivity index (χ4n) is 8.97. The maximum atomic E-state index is 6.79. The number of benzene rings is 8. The van der Waals surface area contributed by atoms with E-state index < -0.39 is 0 Å². The van der Waals surface area contributed by atoms with E-state index in [1.54, 1.807) is 0 Å². The van der Waals surface area contributed by atoms with Crippen LogP contribution in [0.25, 0.3) is 99.7 Å². The molecule has 0 radical (unpaired) electrons. The molecule has 0 saturated carbocycles. The molecule has 56 heavy (non-hydrogen) atoms. The van der Waals surface area contributed by atoms with Crippen molar-refractivity contribution in [2.45, 2.75) is 19.3 Å². The van der Waals surface area contributed by atoms with Crippen LogP contribution < -0.4 is 0 Å². The van der Waals surface area contributed by atoms with Gasteiger partial charge in [-0.1, -0.05) is 159 Å². The molecular formula is C54H37NO. The highest BCUT2D eigenvalue weighted by atomic mass is 16.3. The summed E-state index contributed by atoms with van der Waals surface area (Å²) in [6, 6.07) is 67.7. The zero-order valence-electron chi connectivity index (χ0n) is 31.3. The van der Waals surface area contributed by atoms with Gasteiger partial charge in [0.25, 0.3) is 0 Å². The highest BCUT2D eigenvalue weighted by Crippen LogP contribution is 2.50. The maximum Gasteiger partial charge on any atom is 0.143 e. The van der Waals surface area contributed by atoms with E-state index in [1.165, 1.54) is 38.9 Å². The van der Waals surface area contributed by atoms with Crippen LogP contribution in [0.3, 0.4) is 0 Å². The molecule has 0 fully saturated rings. The molecule has 0 unspecified atom stereocenters. The summed E-state index contributed by atoms with van der Waals surface area (Å²) >= 11 is 0. The summed E-state index contributed by atoms with van der Waals surface area (Å²) < 4.78 is 6.79. The second-order valence-corrected chi connectivity index (χ2v) is 15.5. The largest absolute Gasteiger partial charge is 0.455 e. The van der Waals surface area contributed by atoms with E-state index in [4.69, 9.17) is 9.40 Å². The first-order valence-corrected chi connectivity index (χ1v) is 19.4. The Bertz CT molecular complexity index is 3150. The van der Waals surface area contributed by atoms with Gasteiger partial charge in [-0.2, -0.15) is 0 Å². The van der Waals surface area contributed by atoms with Crippen molar-refractivity contribution >= 4 is 32.7 Å². The van der Waals surface area contributed by atoms with Crippen molar-refractivity contribution in [1.82, 2.24) is 4.98 Å². The maximum absolute atomic E-state index is 6.79. The Labute approximate surface area is 326 Å². The average Bonchev–Trinajstić information content (AvgIpc) is 3.75. The molecule has 10 aromatic rings. The van der Waals surface area contributed by atoms with Gasteiger partial charge in [0.1, 0.15) is 11.2 Å². The van der Waals surface area contributed by atoms with E-state index in [2.05, 4.69) is 202 Å². The molecule has 1 aliphatic carbocycles. The molecule has 0 amide bonds. The highest BCUT2D eigenvalue weighted by molar-refractivity contribution is 6.19. The van der Waals surface area contributed by atoms with Crippen molar-refractivity contribution < 1.29 is 4.42 Å². The standard InChI is InChI=1S/C54H37NO/c1-54(2)48-23-12-11-21-42(48)43-26-24-38(29-49(43)54)40-30-50(35-16-7-4-8-17-35)55-51(31-40)46-33-47-44-27-25-39(32-52(44)56-53(47)45-22-10-9-20-41(45)46)37-19-13-18-36(28-37)34-14-5-3-6-15-34/h3-33H,1-2H3. The first kappa shape index (κ1) is 32.4. The molecule has 2 nitrogen and oxygen atoms in total. The second-order valence-electron chi connectivity index (χ2n) is 15.5. The van der Waals surface area contributed by atoms with Gasteiger partial charge in [0.2, 0.25) is 0 Å². The minimum atomic E-state index is -0.0891. The fourth-order valence-corrected chi connectivity index (χ4v) is 8.97. The zero-order valence-corrected chi connectivity index (χ0v) is 31.3. The summed E-state index contributed by atoms with van der Waals surface area (Å²) in [7, 11) is 0. The Morgan fingerprint density at radius 2 is 0.964 bits per heavy atom. The molecule has 0 aliphatic heterocycles. The number of hydrogen-bond donors (Lipinski definition) is 0. The summed E-state index contributed by atoms with van der Waals surface area (Å²) in [5.74, 6) is 0. The van der Waals surface area contributed by atoms with Crippen LogP contribution >= 0.6 is 0 Å². The van der Waals surface area contributed by atoms with Crippen molar-refractivity contribution in [2.24, 2.45) is 0 Å². The quantitative estimate of drug-likeness (QED) is 0.177. The number of furan rings is 1. The number of hydrogen-bond acceptors (Lipinski definition) is 2. The molecule has 0 bridgehead atoms. The Morgan fingerprint density at radius 1 is 0.357 bits per heavy atom. The van der Waals surface area contributed by atoms with E-state index in [0.29, 0.717) is 0 Å². The molecule has 11 rings (SSSR count). The minimum absolute atomic E-state index is 0.0891. The van der Waals surface area contributed by atoms with E-state index in [1.807, 2.05) is 0 Å². The van der Waals surface area contributed by atoms with Crippen LogP contribution in [0, 0.1) is 0 Å². The Morgan fingerprint density at radius 3 is 1.79 bits per heavy atom. The monoisotopic (exact) mass is 715 g/mol. The minimum Gasteiger partial charge on any atom is -0.455 e. The third-order valence-corrected chi connectivity index (χ3v) is 11.9. The van der Waals surface area contributed by atoms with Crippen LogP contribution in [-0.4, -0.2) is 4.98 Å². The Kier molecular flexibility index (Phi) is 7.24. The number of nitrogens with zero attached hydrogens (tertiary/aromatic N) is 1. The summed E-state index contributed by atoms with van der Waals surface area (Å²) in [5, 5.41) is 4.37. The van der Waals surface area contributed by atoms with Gasteiger partial charge in [0, 0.05) is 32.7 Å². The van der Waals surface area contributed by atoms with Gasteiger partial charge >= 0.3 is 0 Å². The summed E-state index contributed by atoms with van der Waals surface area (Å²) in [6.07, 6.45) is 0. The van der Waals surface area contributed by atoms with Crippen molar-refractivity contribution in [1.29, 1.82) is 0 Å². The lowest BCUT2D eigenvalue weighted by Gasteiger charge is -2.22. The first-order valence-electron chi connectivity index (χ1n) is 19.4. The van der Waals surface area contributed by atoms with Crippen molar-refractivity contribution in [3.8, 4) is 67.0 Å². The lowest BCUT2D eigenvalue weighted by atomic mass is 9.81. The Hall–Kier alpha value is -7.03. The Balaban J connectivity index is 1.09. The van der Waals surface area contributed by atoms with E-state index in [9.17, 15) is 0 Å². The normalized spacial score (nSPS) is 13.0. The van der Waals surface area contributed by atoms with Gasteiger partial charge in [-0.05, 0) is 103 Å². The number of rotatable bonds is 5. The molecule has 0 atom stereocenters. The first-order chi connectivity index (χ1) is 27.5. The lowest BCUT2D eigenvalue weighted by Crippen LogP contribution is -2.14. The number of pyridine rings is 1. The average molecular weight is 716 g/mol. The molecule has 0 N–H and O–H groups in total. The molecule has 1 aliphatic rings. The smallest absolute Gasteiger partial charge is 0.143 e. The molecule has 0 saturated heterocycles. The van der Waals surface area contributed by atoms with Crippen LogP contribution in [0.4, 0.5) is 0 Å². The van der Waals surface area contributed by atoms with Crippen LogP contribution in [0.1, 0.15) is 25.0 Å². The number of aromatic nitrogens is 1. The SMILES string of the molecule is CC1(C)c2ccccc2-c2ccc(-c3cc(-c4ccccc4)nc(-c4cc5c6ccc(-c7cccc(-c8ccccc8)c7)cc6oc5c5ccccc45)c3)cc21. The molecule has 2 heteroatoms. The van der Waals surface area contributed by atoms with Crippen LogP contribution in [0.15, 0.2) is 192 Å². The molecule has 264 valence electrons. The topological polar surface area (TPSA) is 26.0 Å². The van der Waals surface area contributed by atoms with E-state index in [-0.39, 0.29) is 5.41 Å². The second kappa shape index (κ2) is 12.5. The van der Waals surface area contributed by atoms with Gasteiger partial charge in [-0.3, -0.25) is 0 Å². The van der Waals surface area contributed by atoms with Crippen molar-refractivity contribution in [3.63, 3.8) is 0 Å². The van der Waals surface area contributed by atoms with Gasteiger partial charge in [-0.25, -0.2) is 4.98 Å². The van der Waals surface area contributed by atoms with Gasteiger partial charge < -0.3 is 4.42 Å².